The summed E-state index contributed by atoms with van der Waals surface area (Å²) in [6, 6.07) is 12.3. The molecule has 0 saturated heterocycles. The second kappa shape index (κ2) is 7.91. The number of aryl methyl sites for hydroxylation is 1. The summed E-state index contributed by atoms with van der Waals surface area (Å²) in [4.78, 5) is 28.6. The molecule has 1 aliphatic carbocycles. The number of aromatic amines is 1. The van der Waals surface area contributed by atoms with Crippen LogP contribution in [-0.4, -0.2) is 33.0 Å². The number of benzene rings is 1. The van der Waals surface area contributed by atoms with Crippen molar-refractivity contribution in [2.45, 2.75) is 25.3 Å². The van der Waals surface area contributed by atoms with E-state index in [0.717, 1.165) is 24.1 Å². The molecule has 0 radical (unpaired) electrons. The maximum atomic E-state index is 12.2. The van der Waals surface area contributed by atoms with Crippen molar-refractivity contribution in [3.63, 3.8) is 0 Å². The fourth-order valence-corrected chi connectivity index (χ4v) is 3.12. The molecule has 2 aromatic heterocycles. The number of carbonyl (C=O) groups excluding carboxylic acids is 2. The average molecular weight is 377 g/mol. The maximum Gasteiger partial charge on any atom is 0.313 e. The molecule has 8 nitrogen and oxygen atoms in total. The van der Waals surface area contributed by atoms with Crippen LogP contribution in [0.15, 0.2) is 54.9 Å². The van der Waals surface area contributed by atoms with Crippen LogP contribution in [0.1, 0.15) is 17.7 Å². The highest BCUT2D eigenvalue weighted by molar-refractivity contribution is 6.39. The van der Waals surface area contributed by atoms with Crippen molar-refractivity contribution >= 4 is 17.5 Å². The number of para-hydroxylation sites is 1. The normalized spacial score (nSPS) is 15.4. The maximum absolute atomic E-state index is 12.2. The number of anilines is 1. The van der Waals surface area contributed by atoms with Gasteiger partial charge in [0.1, 0.15) is 5.75 Å². The molecule has 0 unspecified atom stereocenters. The number of H-pyrrole nitrogens is 1. The van der Waals surface area contributed by atoms with Crippen molar-refractivity contribution < 1.29 is 14.3 Å². The van der Waals surface area contributed by atoms with Crippen LogP contribution >= 0.6 is 0 Å². The number of rotatable bonds is 4. The van der Waals surface area contributed by atoms with Gasteiger partial charge >= 0.3 is 11.8 Å². The zero-order valence-electron chi connectivity index (χ0n) is 15.0. The Morgan fingerprint density at radius 1 is 1.14 bits per heavy atom. The Kier molecular flexibility index (Phi) is 5.01. The molecule has 28 heavy (non-hydrogen) atoms. The zero-order chi connectivity index (χ0) is 19.3. The Morgan fingerprint density at radius 3 is 2.86 bits per heavy atom. The van der Waals surface area contributed by atoms with E-state index in [2.05, 4.69) is 25.8 Å². The van der Waals surface area contributed by atoms with Gasteiger partial charge < -0.3 is 15.4 Å². The van der Waals surface area contributed by atoms with Crippen molar-refractivity contribution in [2.75, 3.05) is 5.32 Å². The minimum Gasteiger partial charge on any atom is -0.439 e. The number of fused-ring (bicyclic) bond motifs is 1. The molecule has 4 rings (SSSR count). The number of ether oxygens (including phenoxy) is 1. The Hall–Kier alpha value is -3.68. The van der Waals surface area contributed by atoms with Crippen LogP contribution in [0.2, 0.25) is 0 Å². The van der Waals surface area contributed by atoms with E-state index in [1.807, 2.05) is 18.2 Å². The molecule has 0 fully saturated rings. The van der Waals surface area contributed by atoms with Crippen molar-refractivity contribution in [2.24, 2.45) is 0 Å². The zero-order valence-corrected chi connectivity index (χ0v) is 15.0. The second-order valence-corrected chi connectivity index (χ2v) is 6.54. The van der Waals surface area contributed by atoms with Gasteiger partial charge in [0, 0.05) is 36.1 Å². The molecule has 0 bridgehead atoms. The van der Waals surface area contributed by atoms with E-state index in [4.69, 9.17) is 4.74 Å². The lowest BCUT2D eigenvalue weighted by Gasteiger charge is -2.22. The minimum absolute atomic E-state index is 0.0967. The number of pyridine rings is 1. The van der Waals surface area contributed by atoms with Crippen molar-refractivity contribution in [3.05, 3.63) is 66.1 Å². The SMILES string of the molecule is O=C(Nc1ccnc(Oc2ccccc2)c1)C(=O)N[C@H]1CCc2cn[nH]c2C1. The van der Waals surface area contributed by atoms with E-state index in [0.29, 0.717) is 23.7 Å². The molecule has 142 valence electrons. The minimum atomic E-state index is -0.729. The average Bonchev–Trinajstić information content (AvgIpc) is 3.17. The first-order valence-corrected chi connectivity index (χ1v) is 8.99. The number of hydrogen-bond acceptors (Lipinski definition) is 5. The monoisotopic (exact) mass is 377 g/mol. The van der Waals surface area contributed by atoms with Gasteiger partial charge in [-0.25, -0.2) is 4.98 Å². The van der Waals surface area contributed by atoms with E-state index in [9.17, 15) is 9.59 Å². The first kappa shape index (κ1) is 17.7. The highest BCUT2D eigenvalue weighted by Crippen LogP contribution is 2.21. The molecule has 1 aromatic carbocycles. The Bertz CT molecular complexity index is 986. The van der Waals surface area contributed by atoms with Gasteiger partial charge in [-0.3, -0.25) is 14.7 Å². The summed E-state index contributed by atoms with van der Waals surface area (Å²) in [5, 5.41) is 12.3. The molecule has 2 amide bonds. The lowest BCUT2D eigenvalue weighted by Crippen LogP contribution is -2.44. The van der Waals surface area contributed by atoms with Crippen molar-refractivity contribution in [1.29, 1.82) is 0 Å². The van der Waals surface area contributed by atoms with Gasteiger partial charge in [0.15, 0.2) is 0 Å². The largest absolute Gasteiger partial charge is 0.439 e. The molecule has 0 saturated carbocycles. The number of carbonyl (C=O) groups is 2. The van der Waals surface area contributed by atoms with Crippen LogP contribution in [0.25, 0.3) is 0 Å². The molecule has 1 aliphatic rings. The number of nitrogens with one attached hydrogen (secondary N) is 3. The van der Waals surface area contributed by atoms with Gasteiger partial charge in [-0.15, -0.1) is 0 Å². The van der Waals surface area contributed by atoms with E-state index >= 15 is 0 Å². The molecule has 2 heterocycles. The molecule has 0 aliphatic heterocycles. The van der Waals surface area contributed by atoms with Gasteiger partial charge in [0.25, 0.3) is 0 Å². The summed E-state index contributed by atoms with van der Waals surface area (Å²) in [5.74, 6) is -0.447. The number of amides is 2. The first-order valence-electron chi connectivity index (χ1n) is 8.99. The summed E-state index contributed by atoms with van der Waals surface area (Å²) >= 11 is 0. The highest BCUT2D eigenvalue weighted by Gasteiger charge is 2.24. The van der Waals surface area contributed by atoms with Crippen LogP contribution < -0.4 is 15.4 Å². The molecule has 3 N–H and O–H groups in total. The van der Waals surface area contributed by atoms with E-state index in [1.165, 1.54) is 6.20 Å². The quantitative estimate of drug-likeness (QED) is 0.604. The lowest BCUT2D eigenvalue weighted by molar-refractivity contribution is -0.136. The van der Waals surface area contributed by atoms with Crippen LogP contribution in [0.5, 0.6) is 11.6 Å². The fourth-order valence-electron chi connectivity index (χ4n) is 3.12. The molecule has 8 heteroatoms. The molecular formula is C20H19N5O3. The smallest absolute Gasteiger partial charge is 0.313 e. The van der Waals surface area contributed by atoms with Gasteiger partial charge in [0.05, 0.1) is 6.20 Å². The van der Waals surface area contributed by atoms with E-state index in [1.54, 1.807) is 30.5 Å². The summed E-state index contributed by atoms with van der Waals surface area (Å²) in [6.45, 7) is 0. The predicted molar refractivity (Wildman–Crippen MR) is 102 cm³/mol. The predicted octanol–water partition coefficient (Wildman–Crippen LogP) is 2.21. The van der Waals surface area contributed by atoms with Crippen molar-refractivity contribution in [1.82, 2.24) is 20.5 Å². The lowest BCUT2D eigenvalue weighted by atomic mass is 9.94. The molecule has 0 spiro atoms. The van der Waals surface area contributed by atoms with Crippen molar-refractivity contribution in [3.8, 4) is 11.6 Å². The number of aromatic nitrogens is 3. The van der Waals surface area contributed by atoms with E-state index in [-0.39, 0.29) is 6.04 Å². The van der Waals surface area contributed by atoms with Gasteiger partial charge in [-0.2, -0.15) is 5.10 Å². The summed E-state index contributed by atoms with van der Waals surface area (Å²) < 4.78 is 5.64. The van der Waals surface area contributed by atoms with Gasteiger partial charge in [-0.05, 0) is 36.6 Å². The Labute approximate surface area is 161 Å². The van der Waals surface area contributed by atoms with Crippen LogP contribution in [0, 0.1) is 0 Å². The van der Waals surface area contributed by atoms with Gasteiger partial charge in [-0.1, -0.05) is 18.2 Å². The number of hydrogen-bond donors (Lipinski definition) is 3. The second-order valence-electron chi connectivity index (χ2n) is 6.54. The summed E-state index contributed by atoms with van der Waals surface area (Å²) in [7, 11) is 0. The molecule has 3 aromatic rings. The Balaban J connectivity index is 1.34. The number of nitrogens with zero attached hydrogens (tertiary/aromatic N) is 2. The molecule has 1 atom stereocenters. The standard InChI is InChI=1S/C20H19N5O3/c26-19(23-14-7-6-13-12-22-25-17(13)10-14)20(27)24-15-8-9-21-18(11-15)28-16-4-2-1-3-5-16/h1-5,8-9,11-12,14H,6-7,10H2,(H,22,25)(H,23,26)(H,21,24,27)/t14-/m0/s1. The third-order valence-electron chi connectivity index (χ3n) is 4.52. The van der Waals surface area contributed by atoms with Gasteiger partial charge in [0.2, 0.25) is 5.88 Å². The van der Waals surface area contributed by atoms with Crippen LogP contribution in [-0.2, 0) is 22.4 Å². The Morgan fingerprint density at radius 2 is 2.00 bits per heavy atom. The third kappa shape index (κ3) is 4.17. The third-order valence-corrected chi connectivity index (χ3v) is 4.52. The molecular weight excluding hydrogens is 358 g/mol. The summed E-state index contributed by atoms with van der Waals surface area (Å²) in [6.07, 6.45) is 5.54. The van der Waals surface area contributed by atoms with E-state index < -0.39 is 11.8 Å². The van der Waals surface area contributed by atoms with Crippen LogP contribution in [0.3, 0.4) is 0 Å². The first-order chi connectivity index (χ1) is 13.7. The highest BCUT2D eigenvalue weighted by atomic mass is 16.5. The summed E-state index contributed by atoms with van der Waals surface area (Å²) in [5.41, 5.74) is 2.60. The fraction of sp³-hybridized carbons (Fsp3) is 0.200. The van der Waals surface area contributed by atoms with Crippen LogP contribution in [0.4, 0.5) is 5.69 Å². The topological polar surface area (TPSA) is 109 Å².